The zero-order valence-corrected chi connectivity index (χ0v) is 15.4. The lowest BCUT2D eigenvalue weighted by Gasteiger charge is -2.06. The molecule has 0 amide bonds. The van der Waals surface area contributed by atoms with Gasteiger partial charge in [-0.25, -0.2) is 0 Å². The summed E-state index contributed by atoms with van der Waals surface area (Å²) in [6.07, 6.45) is 13.1. The lowest BCUT2D eigenvalue weighted by molar-refractivity contribution is 0.145. The van der Waals surface area contributed by atoms with Gasteiger partial charge in [0.25, 0.3) is 0 Å². The molecule has 0 saturated carbocycles. The monoisotopic (exact) mass is 334 g/mol. The van der Waals surface area contributed by atoms with Crippen LogP contribution in [0.5, 0.6) is 0 Å². The van der Waals surface area contributed by atoms with Crippen LogP contribution in [0.3, 0.4) is 0 Å². The minimum absolute atomic E-state index is 0.634. The number of benzene rings is 2. The third kappa shape index (κ3) is 8.51. The Morgan fingerprint density at radius 3 is 2.32 bits per heavy atom. The van der Waals surface area contributed by atoms with Gasteiger partial charge in [-0.2, -0.15) is 0 Å². The normalized spacial score (nSPS) is 12.0. The Morgan fingerprint density at radius 1 is 0.880 bits per heavy atom. The van der Waals surface area contributed by atoms with Crippen molar-refractivity contribution in [3.05, 3.63) is 89.5 Å². The predicted molar refractivity (Wildman–Crippen MR) is 108 cm³/mol. The molecule has 2 aromatic carbocycles. The minimum atomic E-state index is 0.634. The van der Waals surface area contributed by atoms with E-state index in [9.17, 15) is 0 Å². The average molecular weight is 335 g/mol. The van der Waals surface area contributed by atoms with Gasteiger partial charge in [0.1, 0.15) is 0 Å². The van der Waals surface area contributed by atoms with E-state index >= 15 is 0 Å². The van der Waals surface area contributed by atoms with Crippen molar-refractivity contribution >= 4 is 6.08 Å². The van der Waals surface area contributed by atoms with Crippen LogP contribution in [0, 0.1) is 0 Å². The maximum absolute atomic E-state index is 5.93. The molecule has 1 heteroatoms. The summed E-state index contributed by atoms with van der Waals surface area (Å²) in [4.78, 5) is 0. The van der Waals surface area contributed by atoms with Crippen molar-refractivity contribution in [3.63, 3.8) is 0 Å². The summed E-state index contributed by atoms with van der Waals surface area (Å²) in [6, 6.07) is 20.8. The number of hydrogen-bond acceptors (Lipinski definition) is 1. The second-order valence-electron chi connectivity index (χ2n) is 6.36. The highest BCUT2D eigenvalue weighted by atomic mass is 16.5. The smallest absolute Gasteiger partial charge is 0.0721 e. The van der Waals surface area contributed by atoms with Crippen molar-refractivity contribution in [1.82, 2.24) is 0 Å². The van der Waals surface area contributed by atoms with Gasteiger partial charge in [0.05, 0.1) is 13.2 Å². The SMILES string of the molecule is CCCCCC/C=C/C(=C/c1ccccc1)COCc1ccccc1. The largest absolute Gasteiger partial charge is 0.372 e. The van der Waals surface area contributed by atoms with Crippen LogP contribution in [0.15, 0.2) is 78.4 Å². The molecule has 0 saturated heterocycles. The van der Waals surface area contributed by atoms with Gasteiger partial charge in [-0.1, -0.05) is 99.0 Å². The lowest BCUT2D eigenvalue weighted by atomic mass is 10.1. The highest BCUT2D eigenvalue weighted by molar-refractivity contribution is 5.55. The fourth-order valence-electron chi connectivity index (χ4n) is 2.69. The average Bonchev–Trinajstić information content (AvgIpc) is 2.66. The molecule has 0 aliphatic carbocycles. The molecule has 25 heavy (non-hydrogen) atoms. The van der Waals surface area contributed by atoms with Gasteiger partial charge in [-0.3, -0.25) is 0 Å². The van der Waals surface area contributed by atoms with Crippen LogP contribution in [0.1, 0.15) is 50.2 Å². The van der Waals surface area contributed by atoms with Crippen LogP contribution in [0.25, 0.3) is 6.08 Å². The molecule has 0 atom stereocenters. The maximum Gasteiger partial charge on any atom is 0.0721 e. The van der Waals surface area contributed by atoms with E-state index in [4.69, 9.17) is 4.74 Å². The number of unbranched alkanes of at least 4 members (excludes halogenated alkanes) is 4. The van der Waals surface area contributed by atoms with Crippen LogP contribution in [-0.2, 0) is 11.3 Å². The summed E-state index contributed by atoms with van der Waals surface area (Å²) in [5.41, 5.74) is 3.65. The molecule has 0 spiro atoms. The zero-order valence-electron chi connectivity index (χ0n) is 15.4. The van der Waals surface area contributed by atoms with E-state index in [0.29, 0.717) is 13.2 Å². The Hall–Kier alpha value is -2.12. The number of allylic oxidation sites excluding steroid dienone is 1. The Morgan fingerprint density at radius 2 is 1.60 bits per heavy atom. The highest BCUT2D eigenvalue weighted by Crippen LogP contribution is 2.11. The standard InChI is InChI=1S/C24H30O/c1-2-3-4-5-6-9-18-24(19-22-14-10-7-11-15-22)21-25-20-23-16-12-8-13-17-23/h7-19H,2-6,20-21H2,1H3/b18-9+,24-19-. The predicted octanol–water partition coefficient (Wildman–Crippen LogP) is 6.81. The van der Waals surface area contributed by atoms with Crippen molar-refractivity contribution in [3.8, 4) is 0 Å². The Kier molecular flexibility index (Phi) is 9.43. The molecule has 0 aromatic heterocycles. The van der Waals surface area contributed by atoms with Gasteiger partial charge in [-0.15, -0.1) is 0 Å². The summed E-state index contributed by atoms with van der Waals surface area (Å²) in [7, 11) is 0. The summed E-state index contributed by atoms with van der Waals surface area (Å²) < 4.78 is 5.93. The quantitative estimate of drug-likeness (QED) is 0.324. The molecule has 0 radical (unpaired) electrons. The molecule has 0 fully saturated rings. The van der Waals surface area contributed by atoms with Crippen LogP contribution in [0.4, 0.5) is 0 Å². The van der Waals surface area contributed by atoms with E-state index in [0.717, 1.165) is 6.42 Å². The first-order valence-electron chi connectivity index (χ1n) is 9.42. The van der Waals surface area contributed by atoms with E-state index in [1.54, 1.807) is 0 Å². The number of hydrogen-bond donors (Lipinski definition) is 0. The van der Waals surface area contributed by atoms with E-state index < -0.39 is 0 Å². The molecule has 2 rings (SSSR count). The van der Waals surface area contributed by atoms with Crippen molar-refractivity contribution < 1.29 is 4.74 Å². The molecule has 132 valence electrons. The lowest BCUT2D eigenvalue weighted by Crippen LogP contribution is -1.97. The fourth-order valence-corrected chi connectivity index (χ4v) is 2.69. The van der Waals surface area contributed by atoms with Crippen molar-refractivity contribution in [2.75, 3.05) is 6.61 Å². The van der Waals surface area contributed by atoms with E-state index in [1.807, 2.05) is 12.1 Å². The van der Waals surface area contributed by atoms with E-state index in [-0.39, 0.29) is 0 Å². The van der Waals surface area contributed by atoms with Crippen molar-refractivity contribution in [2.45, 2.75) is 45.6 Å². The van der Waals surface area contributed by atoms with Crippen LogP contribution in [0.2, 0.25) is 0 Å². The highest BCUT2D eigenvalue weighted by Gasteiger charge is 1.97. The Bertz CT molecular complexity index is 626. The molecular weight excluding hydrogens is 304 g/mol. The summed E-state index contributed by atoms with van der Waals surface area (Å²) in [6.45, 7) is 3.53. The van der Waals surface area contributed by atoms with Crippen LogP contribution in [-0.4, -0.2) is 6.61 Å². The summed E-state index contributed by atoms with van der Waals surface area (Å²) >= 11 is 0. The zero-order chi connectivity index (χ0) is 17.6. The third-order valence-electron chi connectivity index (χ3n) is 4.09. The second-order valence-corrected chi connectivity index (χ2v) is 6.36. The number of rotatable bonds is 11. The van der Waals surface area contributed by atoms with Gasteiger partial charge in [0, 0.05) is 0 Å². The molecule has 0 unspecified atom stereocenters. The molecule has 0 aliphatic heterocycles. The first-order valence-corrected chi connectivity index (χ1v) is 9.42. The van der Waals surface area contributed by atoms with Crippen molar-refractivity contribution in [1.29, 1.82) is 0 Å². The molecule has 1 nitrogen and oxygen atoms in total. The molecule has 0 heterocycles. The topological polar surface area (TPSA) is 9.23 Å². The maximum atomic E-state index is 5.93. The van der Waals surface area contributed by atoms with Gasteiger partial charge < -0.3 is 4.74 Å². The molecule has 0 N–H and O–H groups in total. The Balaban J connectivity index is 1.89. The molecule has 0 bridgehead atoms. The third-order valence-corrected chi connectivity index (χ3v) is 4.09. The van der Waals surface area contributed by atoms with Crippen molar-refractivity contribution in [2.24, 2.45) is 0 Å². The van der Waals surface area contributed by atoms with Crippen LogP contribution >= 0.6 is 0 Å². The van der Waals surface area contributed by atoms with Gasteiger partial charge >= 0.3 is 0 Å². The van der Waals surface area contributed by atoms with E-state index in [2.05, 4.69) is 73.7 Å². The minimum Gasteiger partial charge on any atom is -0.372 e. The first kappa shape index (κ1) is 19.2. The second kappa shape index (κ2) is 12.3. The van der Waals surface area contributed by atoms with Gasteiger partial charge in [-0.05, 0) is 35.6 Å². The molecule has 0 aliphatic rings. The van der Waals surface area contributed by atoms with Crippen LogP contribution < -0.4 is 0 Å². The molecule has 2 aromatic rings. The summed E-state index contributed by atoms with van der Waals surface area (Å²) in [5.74, 6) is 0. The first-order chi connectivity index (χ1) is 12.4. The van der Waals surface area contributed by atoms with Gasteiger partial charge in [0.15, 0.2) is 0 Å². The summed E-state index contributed by atoms with van der Waals surface area (Å²) in [5, 5.41) is 0. The fraction of sp³-hybridized carbons (Fsp3) is 0.333. The molecular formula is C24H30O. The number of ether oxygens (including phenoxy) is 1. The Labute approximate surface area is 153 Å². The van der Waals surface area contributed by atoms with Gasteiger partial charge in [0.2, 0.25) is 0 Å². The van der Waals surface area contributed by atoms with E-state index in [1.165, 1.54) is 42.4 Å².